The third kappa shape index (κ3) is 4.02. The number of halogens is 3. The summed E-state index contributed by atoms with van der Waals surface area (Å²) >= 11 is 0. The van der Waals surface area contributed by atoms with Crippen molar-refractivity contribution in [1.82, 2.24) is 20.0 Å². The molecule has 1 N–H and O–H groups in total. The Bertz CT molecular complexity index is 892. The zero-order chi connectivity index (χ0) is 20.5. The molecular weight excluding hydrogens is 373 g/mol. The monoisotopic (exact) mass is 394 g/mol. The molecule has 1 atom stereocenters. The van der Waals surface area contributed by atoms with Crippen LogP contribution in [0.15, 0.2) is 30.3 Å². The van der Waals surface area contributed by atoms with Crippen LogP contribution in [0.4, 0.5) is 13.2 Å². The van der Waals surface area contributed by atoms with Crippen LogP contribution in [0.1, 0.15) is 52.4 Å². The molecule has 9 heteroatoms. The normalized spacial score (nSPS) is 15.3. The summed E-state index contributed by atoms with van der Waals surface area (Å²) in [6.07, 6.45) is -3.73. The highest BCUT2D eigenvalue weighted by Gasteiger charge is 2.35. The standard InChI is InChI=1S/C19H21F3N4O2/c1-3-12(2)23-17(27)15-10-16-18(28)25(8-9-26(16)24-15)11-13-6-4-5-7-14(13)19(20,21)22/h4-7,10,12H,3,8-9,11H2,1-2H3,(H,23,27). The second kappa shape index (κ2) is 7.65. The van der Waals surface area contributed by atoms with Gasteiger partial charge in [-0.25, -0.2) is 0 Å². The van der Waals surface area contributed by atoms with Gasteiger partial charge in [-0.15, -0.1) is 0 Å². The maximum absolute atomic E-state index is 13.2. The first kappa shape index (κ1) is 19.9. The van der Waals surface area contributed by atoms with Gasteiger partial charge in [0.05, 0.1) is 12.1 Å². The summed E-state index contributed by atoms with van der Waals surface area (Å²) in [5.74, 6) is -0.823. The van der Waals surface area contributed by atoms with Crippen molar-refractivity contribution in [3.8, 4) is 0 Å². The first-order valence-electron chi connectivity index (χ1n) is 9.03. The smallest absolute Gasteiger partial charge is 0.348 e. The topological polar surface area (TPSA) is 67.2 Å². The molecule has 6 nitrogen and oxygen atoms in total. The highest BCUT2D eigenvalue weighted by Crippen LogP contribution is 2.32. The van der Waals surface area contributed by atoms with Gasteiger partial charge < -0.3 is 10.2 Å². The number of alkyl halides is 3. The van der Waals surface area contributed by atoms with Gasteiger partial charge in [-0.2, -0.15) is 18.3 Å². The Labute approximate surface area is 160 Å². The number of carbonyl (C=O) groups excluding carboxylic acids is 2. The minimum atomic E-state index is -4.49. The van der Waals surface area contributed by atoms with Gasteiger partial charge in [0.25, 0.3) is 11.8 Å². The number of benzene rings is 1. The molecule has 1 aromatic carbocycles. The number of carbonyl (C=O) groups is 2. The predicted molar refractivity (Wildman–Crippen MR) is 95.6 cm³/mol. The Morgan fingerprint density at radius 2 is 2.00 bits per heavy atom. The van der Waals surface area contributed by atoms with E-state index in [4.69, 9.17) is 0 Å². The van der Waals surface area contributed by atoms with Crippen molar-refractivity contribution in [2.75, 3.05) is 6.54 Å². The molecule has 0 aliphatic carbocycles. The molecule has 0 saturated heterocycles. The third-order valence-electron chi connectivity index (χ3n) is 4.77. The molecule has 0 saturated carbocycles. The Morgan fingerprint density at radius 3 is 2.68 bits per heavy atom. The van der Waals surface area contributed by atoms with E-state index in [0.717, 1.165) is 12.5 Å². The molecule has 28 heavy (non-hydrogen) atoms. The van der Waals surface area contributed by atoms with E-state index >= 15 is 0 Å². The molecule has 3 rings (SSSR count). The zero-order valence-electron chi connectivity index (χ0n) is 15.6. The maximum atomic E-state index is 13.2. The fourth-order valence-electron chi connectivity index (χ4n) is 3.04. The van der Waals surface area contributed by atoms with Gasteiger partial charge >= 0.3 is 6.18 Å². The summed E-state index contributed by atoms with van der Waals surface area (Å²) in [7, 11) is 0. The van der Waals surface area contributed by atoms with E-state index in [-0.39, 0.29) is 42.0 Å². The molecule has 1 aliphatic rings. The molecule has 0 bridgehead atoms. The molecule has 0 fully saturated rings. The van der Waals surface area contributed by atoms with Crippen molar-refractivity contribution in [2.45, 2.75) is 45.6 Å². The van der Waals surface area contributed by atoms with E-state index in [1.54, 1.807) is 0 Å². The zero-order valence-corrected chi connectivity index (χ0v) is 15.6. The van der Waals surface area contributed by atoms with Gasteiger partial charge in [0, 0.05) is 25.2 Å². The lowest BCUT2D eigenvalue weighted by molar-refractivity contribution is -0.138. The number of nitrogens with zero attached hydrogens (tertiary/aromatic N) is 3. The van der Waals surface area contributed by atoms with Gasteiger partial charge in [-0.3, -0.25) is 14.3 Å². The highest BCUT2D eigenvalue weighted by atomic mass is 19.4. The van der Waals surface area contributed by atoms with Gasteiger partial charge in [0.2, 0.25) is 0 Å². The number of fused-ring (bicyclic) bond motifs is 1. The summed E-state index contributed by atoms with van der Waals surface area (Å²) in [4.78, 5) is 26.3. The van der Waals surface area contributed by atoms with Crippen LogP contribution in [-0.2, 0) is 19.3 Å². The van der Waals surface area contributed by atoms with Crippen LogP contribution in [-0.4, -0.2) is 39.1 Å². The van der Waals surface area contributed by atoms with Gasteiger partial charge in [-0.05, 0) is 25.0 Å². The van der Waals surface area contributed by atoms with Crippen molar-refractivity contribution >= 4 is 11.8 Å². The summed E-state index contributed by atoms with van der Waals surface area (Å²) in [5, 5.41) is 6.94. The first-order valence-corrected chi connectivity index (χ1v) is 9.03. The lowest BCUT2D eigenvalue weighted by Gasteiger charge is -2.28. The predicted octanol–water partition coefficient (Wildman–Crippen LogP) is 3.09. The Balaban J connectivity index is 1.80. The van der Waals surface area contributed by atoms with E-state index < -0.39 is 17.6 Å². The SMILES string of the molecule is CCC(C)NC(=O)c1cc2n(n1)CCN(Cc1ccccc1C(F)(F)F)C2=O. The van der Waals surface area contributed by atoms with Gasteiger partial charge in [0.15, 0.2) is 5.69 Å². The second-order valence-corrected chi connectivity index (χ2v) is 6.80. The minimum absolute atomic E-state index is 0.0303. The molecule has 1 unspecified atom stereocenters. The van der Waals surface area contributed by atoms with Crippen LogP contribution in [0.3, 0.4) is 0 Å². The van der Waals surface area contributed by atoms with Crippen LogP contribution in [0, 0.1) is 0 Å². The molecule has 2 heterocycles. The second-order valence-electron chi connectivity index (χ2n) is 6.80. The van der Waals surface area contributed by atoms with E-state index in [9.17, 15) is 22.8 Å². The lowest BCUT2D eigenvalue weighted by atomic mass is 10.1. The fourth-order valence-corrected chi connectivity index (χ4v) is 3.04. The molecule has 2 aromatic rings. The molecule has 1 aromatic heterocycles. The van der Waals surface area contributed by atoms with Crippen LogP contribution in [0.5, 0.6) is 0 Å². The molecule has 1 aliphatic heterocycles. The van der Waals surface area contributed by atoms with E-state index in [0.29, 0.717) is 6.54 Å². The number of nitrogens with one attached hydrogen (secondary N) is 1. The van der Waals surface area contributed by atoms with Crippen molar-refractivity contribution < 1.29 is 22.8 Å². The molecule has 2 amide bonds. The number of amides is 2. The molecule has 150 valence electrons. The van der Waals surface area contributed by atoms with E-state index in [2.05, 4.69) is 10.4 Å². The third-order valence-corrected chi connectivity index (χ3v) is 4.77. The highest BCUT2D eigenvalue weighted by molar-refractivity contribution is 5.98. The summed E-state index contributed by atoms with van der Waals surface area (Å²) in [6.45, 7) is 4.16. The first-order chi connectivity index (χ1) is 13.2. The minimum Gasteiger partial charge on any atom is -0.348 e. The Kier molecular flexibility index (Phi) is 5.44. The van der Waals surface area contributed by atoms with E-state index in [1.165, 1.54) is 33.8 Å². The Hall–Kier alpha value is -2.84. The average Bonchev–Trinajstić information content (AvgIpc) is 3.09. The number of rotatable bonds is 5. The fraction of sp³-hybridized carbons (Fsp3) is 0.421. The molecule has 0 radical (unpaired) electrons. The summed E-state index contributed by atoms with van der Waals surface area (Å²) < 4.78 is 41.0. The number of aromatic nitrogens is 2. The Morgan fingerprint density at radius 1 is 1.29 bits per heavy atom. The summed E-state index contributed by atoms with van der Waals surface area (Å²) in [6, 6.07) is 6.57. The van der Waals surface area contributed by atoms with Gasteiger partial charge in [-0.1, -0.05) is 25.1 Å². The van der Waals surface area contributed by atoms with Crippen molar-refractivity contribution in [3.05, 3.63) is 52.8 Å². The van der Waals surface area contributed by atoms with Crippen molar-refractivity contribution in [1.29, 1.82) is 0 Å². The van der Waals surface area contributed by atoms with Crippen LogP contribution < -0.4 is 5.32 Å². The molecule has 0 spiro atoms. The van der Waals surface area contributed by atoms with Crippen LogP contribution in [0.2, 0.25) is 0 Å². The van der Waals surface area contributed by atoms with Crippen LogP contribution in [0.25, 0.3) is 0 Å². The molecular formula is C19H21F3N4O2. The average molecular weight is 394 g/mol. The number of hydrogen-bond donors (Lipinski definition) is 1. The number of hydrogen-bond acceptors (Lipinski definition) is 3. The lowest BCUT2D eigenvalue weighted by Crippen LogP contribution is -2.40. The van der Waals surface area contributed by atoms with Crippen molar-refractivity contribution in [3.63, 3.8) is 0 Å². The quantitative estimate of drug-likeness (QED) is 0.848. The van der Waals surface area contributed by atoms with Crippen LogP contribution >= 0.6 is 0 Å². The largest absolute Gasteiger partial charge is 0.416 e. The van der Waals surface area contributed by atoms with E-state index in [1.807, 2.05) is 13.8 Å². The summed E-state index contributed by atoms with van der Waals surface area (Å²) in [5.41, 5.74) is -0.396. The maximum Gasteiger partial charge on any atom is 0.416 e. The van der Waals surface area contributed by atoms with Crippen molar-refractivity contribution in [2.24, 2.45) is 0 Å². The van der Waals surface area contributed by atoms with Gasteiger partial charge in [0.1, 0.15) is 5.69 Å².